The van der Waals surface area contributed by atoms with Gasteiger partial charge >= 0.3 is 0 Å². The predicted octanol–water partition coefficient (Wildman–Crippen LogP) is 0.834. The second-order valence-electron chi connectivity index (χ2n) is 6.42. The van der Waals surface area contributed by atoms with Gasteiger partial charge in [-0.05, 0) is 43.7 Å². The van der Waals surface area contributed by atoms with E-state index < -0.39 is 0 Å². The second kappa shape index (κ2) is 6.02. The van der Waals surface area contributed by atoms with Crippen LogP contribution in [0, 0.1) is 11.3 Å². The van der Waals surface area contributed by atoms with Crippen LogP contribution in [0.1, 0.15) is 33.1 Å². The van der Waals surface area contributed by atoms with Crippen LogP contribution in [0.25, 0.3) is 0 Å². The summed E-state index contributed by atoms with van der Waals surface area (Å²) >= 11 is 0. The normalized spacial score (nSPS) is 33.6. The number of amides is 1. The highest BCUT2D eigenvalue weighted by molar-refractivity contribution is 5.72. The van der Waals surface area contributed by atoms with E-state index in [0.717, 1.165) is 19.6 Å². The predicted molar refractivity (Wildman–Crippen MR) is 73.4 cm³/mol. The van der Waals surface area contributed by atoms with Crippen molar-refractivity contribution in [2.24, 2.45) is 11.3 Å². The van der Waals surface area contributed by atoms with Crippen LogP contribution in [-0.4, -0.2) is 50.1 Å². The fourth-order valence-corrected chi connectivity index (χ4v) is 3.29. The molecule has 2 fully saturated rings. The second-order valence-corrected chi connectivity index (χ2v) is 6.42. The molecule has 2 saturated heterocycles. The van der Waals surface area contributed by atoms with Crippen LogP contribution in [0.4, 0.5) is 0 Å². The molecule has 0 aliphatic carbocycles. The smallest absolute Gasteiger partial charge is 0.216 e. The molecule has 104 valence electrons. The van der Waals surface area contributed by atoms with Crippen LogP contribution in [0.3, 0.4) is 0 Å². The van der Waals surface area contributed by atoms with Gasteiger partial charge in [0, 0.05) is 33.1 Å². The minimum atomic E-state index is 0.0964. The number of rotatable bonds is 4. The molecule has 0 spiro atoms. The molecule has 0 aromatic carbocycles. The minimum Gasteiger partial charge on any atom is -0.356 e. The fraction of sp³-hybridized carbons (Fsp3) is 0.929. The average molecular weight is 253 g/mol. The number of nitrogens with zero attached hydrogens (tertiary/aromatic N) is 1. The van der Waals surface area contributed by atoms with Gasteiger partial charge in [-0.15, -0.1) is 0 Å². The molecule has 4 nitrogen and oxygen atoms in total. The SMILES string of the molecule is CC(=O)NCC1CCCN(CC2(C)CCNC2)C1. The molecular formula is C14H27N3O. The summed E-state index contributed by atoms with van der Waals surface area (Å²) in [6.45, 7) is 10.7. The zero-order valence-corrected chi connectivity index (χ0v) is 11.8. The van der Waals surface area contributed by atoms with Crippen LogP contribution in [-0.2, 0) is 4.79 Å². The van der Waals surface area contributed by atoms with Crippen molar-refractivity contribution in [3.8, 4) is 0 Å². The number of piperidine rings is 1. The van der Waals surface area contributed by atoms with E-state index in [2.05, 4.69) is 22.5 Å². The van der Waals surface area contributed by atoms with Crippen LogP contribution < -0.4 is 10.6 Å². The Bertz CT molecular complexity index is 287. The lowest BCUT2D eigenvalue weighted by Gasteiger charge is -2.37. The molecule has 2 unspecified atom stereocenters. The highest BCUT2D eigenvalue weighted by Gasteiger charge is 2.32. The highest BCUT2D eigenvalue weighted by Crippen LogP contribution is 2.27. The zero-order chi connectivity index (χ0) is 13.0. The van der Waals surface area contributed by atoms with E-state index in [-0.39, 0.29) is 5.91 Å². The number of carbonyl (C=O) groups is 1. The molecule has 2 rings (SSSR count). The summed E-state index contributed by atoms with van der Waals surface area (Å²) in [7, 11) is 0. The molecule has 2 N–H and O–H groups in total. The summed E-state index contributed by atoms with van der Waals surface area (Å²) in [5.41, 5.74) is 0.454. The molecule has 0 saturated carbocycles. The van der Waals surface area contributed by atoms with Gasteiger partial charge in [-0.3, -0.25) is 4.79 Å². The van der Waals surface area contributed by atoms with Crippen LogP contribution in [0.5, 0.6) is 0 Å². The number of carbonyl (C=O) groups excluding carboxylic acids is 1. The summed E-state index contributed by atoms with van der Waals surface area (Å²) in [6, 6.07) is 0. The van der Waals surface area contributed by atoms with E-state index >= 15 is 0 Å². The van der Waals surface area contributed by atoms with Crippen molar-refractivity contribution < 1.29 is 4.79 Å². The van der Waals surface area contributed by atoms with Gasteiger partial charge in [0.2, 0.25) is 5.91 Å². The Balaban J connectivity index is 1.77. The van der Waals surface area contributed by atoms with Crippen molar-refractivity contribution in [2.75, 3.05) is 39.3 Å². The molecule has 2 atom stereocenters. The van der Waals surface area contributed by atoms with E-state index in [9.17, 15) is 4.79 Å². The molecule has 2 aliphatic heterocycles. The molecule has 1 amide bonds. The lowest BCUT2D eigenvalue weighted by Crippen LogP contribution is -2.45. The largest absolute Gasteiger partial charge is 0.356 e. The Labute approximate surface area is 110 Å². The third-order valence-electron chi connectivity index (χ3n) is 4.31. The molecule has 0 aromatic heterocycles. The highest BCUT2D eigenvalue weighted by atomic mass is 16.1. The van der Waals surface area contributed by atoms with Gasteiger partial charge in [-0.2, -0.15) is 0 Å². The van der Waals surface area contributed by atoms with Crippen molar-refractivity contribution in [2.45, 2.75) is 33.1 Å². The molecule has 2 heterocycles. The first-order valence-electron chi connectivity index (χ1n) is 7.25. The van der Waals surface area contributed by atoms with Gasteiger partial charge in [-0.1, -0.05) is 6.92 Å². The van der Waals surface area contributed by atoms with Crippen molar-refractivity contribution in [1.29, 1.82) is 0 Å². The molecule has 0 bridgehead atoms. The van der Waals surface area contributed by atoms with E-state index in [1.807, 2.05) is 0 Å². The van der Waals surface area contributed by atoms with Crippen molar-refractivity contribution in [3.63, 3.8) is 0 Å². The van der Waals surface area contributed by atoms with E-state index in [4.69, 9.17) is 0 Å². The quantitative estimate of drug-likeness (QED) is 0.780. The van der Waals surface area contributed by atoms with Crippen LogP contribution >= 0.6 is 0 Å². The summed E-state index contributed by atoms with van der Waals surface area (Å²) in [5, 5.41) is 6.43. The summed E-state index contributed by atoms with van der Waals surface area (Å²) in [5.74, 6) is 0.736. The maximum absolute atomic E-state index is 11.0. The molecule has 2 aliphatic rings. The van der Waals surface area contributed by atoms with E-state index in [1.165, 1.54) is 38.9 Å². The number of likely N-dealkylation sites (tertiary alicyclic amines) is 1. The first-order valence-corrected chi connectivity index (χ1v) is 7.25. The zero-order valence-electron chi connectivity index (χ0n) is 11.8. The lowest BCUT2D eigenvalue weighted by atomic mass is 9.87. The third-order valence-corrected chi connectivity index (χ3v) is 4.31. The van der Waals surface area contributed by atoms with Gasteiger partial charge in [0.25, 0.3) is 0 Å². The Morgan fingerprint density at radius 3 is 3.06 bits per heavy atom. The first kappa shape index (κ1) is 13.8. The maximum atomic E-state index is 11.0. The van der Waals surface area contributed by atoms with Gasteiger partial charge in [0.05, 0.1) is 0 Å². The van der Waals surface area contributed by atoms with Crippen LogP contribution in [0.2, 0.25) is 0 Å². The Morgan fingerprint density at radius 2 is 2.39 bits per heavy atom. The fourth-order valence-electron chi connectivity index (χ4n) is 3.29. The monoisotopic (exact) mass is 253 g/mol. The number of hydrogen-bond acceptors (Lipinski definition) is 3. The van der Waals surface area contributed by atoms with Crippen molar-refractivity contribution in [3.05, 3.63) is 0 Å². The third kappa shape index (κ3) is 3.95. The molecule has 0 aromatic rings. The van der Waals surface area contributed by atoms with Gasteiger partial charge in [0.1, 0.15) is 0 Å². The lowest BCUT2D eigenvalue weighted by molar-refractivity contribution is -0.119. The summed E-state index contributed by atoms with van der Waals surface area (Å²) < 4.78 is 0. The van der Waals surface area contributed by atoms with E-state index in [1.54, 1.807) is 6.92 Å². The van der Waals surface area contributed by atoms with Gasteiger partial charge in [-0.25, -0.2) is 0 Å². The minimum absolute atomic E-state index is 0.0964. The number of hydrogen-bond donors (Lipinski definition) is 2. The van der Waals surface area contributed by atoms with Crippen molar-refractivity contribution in [1.82, 2.24) is 15.5 Å². The molecule has 0 radical (unpaired) electrons. The Hall–Kier alpha value is -0.610. The van der Waals surface area contributed by atoms with Gasteiger partial charge in [0.15, 0.2) is 0 Å². The Kier molecular flexibility index (Phi) is 4.62. The Morgan fingerprint density at radius 1 is 1.56 bits per heavy atom. The average Bonchev–Trinajstić information content (AvgIpc) is 2.73. The molecule has 4 heteroatoms. The topological polar surface area (TPSA) is 44.4 Å². The van der Waals surface area contributed by atoms with Crippen LogP contribution in [0.15, 0.2) is 0 Å². The van der Waals surface area contributed by atoms with E-state index in [0.29, 0.717) is 11.3 Å². The number of nitrogens with one attached hydrogen (secondary N) is 2. The van der Waals surface area contributed by atoms with Crippen molar-refractivity contribution >= 4 is 5.91 Å². The summed E-state index contributed by atoms with van der Waals surface area (Å²) in [4.78, 5) is 13.6. The standard InChI is InChI=1S/C14H27N3O/c1-12(18)16-8-13-4-3-7-17(9-13)11-14(2)5-6-15-10-14/h13,15H,3-11H2,1-2H3,(H,16,18). The molecule has 18 heavy (non-hydrogen) atoms. The first-order chi connectivity index (χ1) is 8.57. The molecular weight excluding hydrogens is 226 g/mol. The van der Waals surface area contributed by atoms with Gasteiger partial charge < -0.3 is 15.5 Å². The summed E-state index contributed by atoms with van der Waals surface area (Å²) in [6.07, 6.45) is 3.82. The maximum Gasteiger partial charge on any atom is 0.216 e.